The normalized spacial score (nSPS) is 12.3. The number of rotatable bonds is 8. The van der Waals surface area contributed by atoms with Crippen molar-refractivity contribution in [3.63, 3.8) is 0 Å². The lowest BCUT2D eigenvalue weighted by Gasteiger charge is -2.09. The van der Waals surface area contributed by atoms with E-state index in [4.69, 9.17) is 4.74 Å². The third-order valence-corrected chi connectivity index (χ3v) is 7.86. The van der Waals surface area contributed by atoms with Crippen LogP contribution >= 0.6 is 0 Å². The molecule has 12 nitrogen and oxygen atoms in total. The molecule has 0 aromatic heterocycles. The van der Waals surface area contributed by atoms with Gasteiger partial charge in [-0.2, -0.15) is 32.2 Å². The highest BCUT2D eigenvalue weighted by molar-refractivity contribution is 7.86. The molecule has 0 saturated carbocycles. The van der Waals surface area contributed by atoms with Gasteiger partial charge < -0.3 is 9.84 Å². The van der Waals surface area contributed by atoms with E-state index in [1.165, 1.54) is 42.5 Å². The molecule has 5 aromatic rings. The van der Waals surface area contributed by atoms with E-state index >= 15 is 0 Å². The van der Waals surface area contributed by atoms with Gasteiger partial charge in [-0.15, -0.1) is 5.11 Å². The summed E-state index contributed by atoms with van der Waals surface area (Å²) in [4.78, 5) is -0.759. The van der Waals surface area contributed by atoms with Crippen LogP contribution in [0.1, 0.15) is 5.56 Å². The highest BCUT2D eigenvalue weighted by atomic mass is 32.2. The lowest BCUT2D eigenvalue weighted by Crippen LogP contribution is -2.01. The van der Waals surface area contributed by atoms with Crippen molar-refractivity contribution in [2.75, 3.05) is 0 Å². The first-order valence-corrected chi connectivity index (χ1v) is 15.3. The first kappa shape index (κ1) is 29.5. The fourth-order valence-electron chi connectivity index (χ4n) is 4.04. The quantitative estimate of drug-likeness (QED) is 0.115. The molecule has 43 heavy (non-hydrogen) atoms. The third kappa shape index (κ3) is 6.90. The van der Waals surface area contributed by atoms with Crippen molar-refractivity contribution >= 4 is 53.8 Å². The van der Waals surface area contributed by atoms with Crippen molar-refractivity contribution in [1.29, 1.82) is 0 Å². The Kier molecular flexibility index (Phi) is 8.02. The molecule has 5 rings (SSSR count). The van der Waals surface area contributed by atoms with E-state index in [0.29, 0.717) is 33.5 Å². The van der Waals surface area contributed by atoms with Gasteiger partial charge in [-0.25, -0.2) is 0 Å². The van der Waals surface area contributed by atoms with E-state index in [-0.39, 0.29) is 27.8 Å². The maximum atomic E-state index is 12.0. The molecular formula is C29H22N4O8S2. The van der Waals surface area contributed by atoms with Crippen LogP contribution in [0.25, 0.3) is 10.8 Å². The van der Waals surface area contributed by atoms with Crippen molar-refractivity contribution in [2.24, 2.45) is 20.5 Å². The minimum Gasteiger partial charge on any atom is -0.506 e. The van der Waals surface area contributed by atoms with Crippen LogP contribution in [-0.4, -0.2) is 31.0 Å². The number of azo groups is 2. The van der Waals surface area contributed by atoms with Crippen molar-refractivity contribution in [3.8, 4) is 17.2 Å². The molecule has 0 aliphatic rings. The summed E-state index contributed by atoms with van der Waals surface area (Å²) in [6, 6.07) is 24.1. The summed E-state index contributed by atoms with van der Waals surface area (Å²) in [5, 5.41) is 27.8. The Balaban J connectivity index is 1.39. The van der Waals surface area contributed by atoms with Crippen LogP contribution in [0.2, 0.25) is 0 Å². The van der Waals surface area contributed by atoms with Gasteiger partial charge in [0.2, 0.25) is 0 Å². The van der Waals surface area contributed by atoms with Crippen LogP contribution < -0.4 is 4.74 Å². The topological polar surface area (TPSA) is 188 Å². The largest absolute Gasteiger partial charge is 0.506 e. The van der Waals surface area contributed by atoms with Gasteiger partial charge in [0.05, 0.1) is 22.0 Å². The van der Waals surface area contributed by atoms with E-state index < -0.39 is 25.1 Å². The molecule has 0 unspecified atom stereocenters. The molecule has 218 valence electrons. The Morgan fingerprint density at radius 1 is 0.674 bits per heavy atom. The van der Waals surface area contributed by atoms with E-state index in [1.807, 2.05) is 0 Å². The number of hydrogen-bond acceptors (Lipinski definition) is 10. The van der Waals surface area contributed by atoms with Crippen molar-refractivity contribution in [2.45, 2.75) is 16.7 Å². The second-order valence-corrected chi connectivity index (χ2v) is 12.0. The predicted molar refractivity (Wildman–Crippen MR) is 158 cm³/mol. The molecule has 0 amide bonds. The van der Waals surface area contributed by atoms with Crippen molar-refractivity contribution < 1.29 is 35.8 Å². The molecule has 0 atom stereocenters. The van der Waals surface area contributed by atoms with E-state index in [1.54, 1.807) is 55.5 Å². The van der Waals surface area contributed by atoms with Gasteiger partial charge in [0.15, 0.2) is 0 Å². The van der Waals surface area contributed by atoms with Crippen LogP contribution in [0.4, 0.5) is 22.7 Å². The zero-order valence-corrected chi connectivity index (χ0v) is 23.9. The average molecular weight is 619 g/mol. The second kappa shape index (κ2) is 11.7. The number of para-hydroxylation sites is 1. The predicted octanol–water partition coefficient (Wildman–Crippen LogP) is 7.97. The summed E-state index contributed by atoms with van der Waals surface area (Å²) in [5.74, 6) is 0.133. The van der Waals surface area contributed by atoms with Crippen molar-refractivity contribution in [3.05, 3.63) is 103 Å². The maximum absolute atomic E-state index is 12.0. The van der Waals surface area contributed by atoms with Gasteiger partial charge in [-0.1, -0.05) is 30.3 Å². The molecule has 0 aliphatic carbocycles. The Hall–Kier alpha value is -5.02. The fraction of sp³-hybridized carbons (Fsp3) is 0.0345. The lowest BCUT2D eigenvalue weighted by molar-refractivity contribution is 0.450. The van der Waals surface area contributed by atoms with E-state index in [0.717, 1.165) is 6.07 Å². The van der Waals surface area contributed by atoms with Crippen LogP contribution in [0.3, 0.4) is 0 Å². The smallest absolute Gasteiger partial charge is 0.298 e. The number of benzene rings is 5. The van der Waals surface area contributed by atoms with E-state index in [2.05, 4.69) is 20.5 Å². The summed E-state index contributed by atoms with van der Waals surface area (Å²) in [5.41, 5.74) is 1.77. The molecule has 14 heteroatoms. The number of ether oxygens (including phenoxy) is 1. The van der Waals surface area contributed by atoms with Gasteiger partial charge in [-0.3, -0.25) is 9.11 Å². The average Bonchev–Trinajstić information content (AvgIpc) is 2.96. The molecule has 0 bridgehead atoms. The maximum Gasteiger partial charge on any atom is 0.298 e. The monoisotopic (exact) mass is 618 g/mol. The summed E-state index contributed by atoms with van der Waals surface area (Å²) >= 11 is 0. The van der Waals surface area contributed by atoms with E-state index in [9.17, 15) is 31.0 Å². The number of phenolic OH excluding ortho intramolecular Hbond substituents is 1. The Morgan fingerprint density at radius 3 is 2.07 bits per heavy atom. The molecule has 0 aliphatic heterocycles. The molecule has 0 heterocycles. The van der Waals surface area contributed by atoms with Crippen LogP contribution in [0, 0.1) is 6.92 Å². The van der Waals surface area contributed by atoms with Crippen LogP contribution in [-0.2, 0) is 20.2 Å². The third-order valence-electron chi connectivity index (χ3n) is 6.13. The minimum atomic E-state index is -4.63. The van der Waals surface area contributed by atoms with Gasteiger partial charge in [0.25, 0.3) is 20.2 Å². The molecule has 0 spiro atoms. The zero-order chi connectivity index (χ0) is 30.8. The van der Waals surface area contributed by atoms with Crippen molar-refractivity contribution in [1.82, 2.24) is 0 Å². The lowest BCUT2D eigenvalue weighted by atomic mass is 10.1. The first-order chi connectivity index (χ1) is 20.4. The number of phenols is 1. The highest BCUT2D eigenvalue weighted by Gasteiger charge is 2.19. The van der Waals surface area contributed by atoms with Gasteiger partial charge in [-0.05, 0) is 84.6 Å². The number of hydrogen-bond donors (Lipinski definition) is 3. The first-order valence-electron chi connectivity index (χ1n) is 12.4. The standard InChI is InChI=1S/C29H22N4O8S2/c1-18-15-20(31-33-29-24-11-10-23(42(35,36)37)16-19(24)7-13-26(29)34)8-12-25(18)32-30-21-9-14-27(28(17-21)43(38,39)40)41-22-5-3-2-4-6-22/h2-17,34H,1H3,(H,35,36,37)(H,38,39,40). The summed E-state index contributed by atoms with van der Waals surface area (Å²) < 4.78 is 71.6. The zero-order valence-electron chi connectivity index (χ0n) is 22.2. The summed E-state index contributed by atoms with van der Waals surface area (Å²) in [7, 11) is -9.04. The molecule has 0 saturated heterocycles. The Morgan fingerprint density at radius 2 is 1.37 bits per heavy atom. The van der Waals surface area contributed by atoms with Gasteiger partial charge in [0, 0.05) is 5.39 Å². The number of fused-ring (bicyclic) bond motifs is 1. The second-order valence-electron chi connectivity index (χ2n) is 9.18. The SMILES string of the molecule is Cc1cc(N=Nc2c(O)ccc3cc(S(=O)(=O)O)ccc23)ccc1N=Nc1ccc(Oc2ccccc2)c(S(=O)(=O)O)c1. The Labute approximate surface area is 246 Å². The molecule has 0 radical (unpaired) electrons. The number of aryl methyl sites for hydroxylation is 1. The summed E-state index contributed by atoms with van der Waals surface area (Å²) in [6.45, 7) is 1.75. The molecule has 3 N–H and O–H groups in total. The molecule has 5 aromatic carbocycles. The van der Waals surface area contributed by atoms with Gasteiger partial charge >= 0.3 is 0 Å². The Bertz CT molecular complexity index is 2130. The number of nitrogens with zero attached hydrogens (tertiary/aromatic N) is 4. The molecular weight excluding hydrogens is 596 g/mol. The van der Waals surface area contributed by atoms with Gasteiger partial charge in [0.1, 0.15) is 27.8 Å². The fourth-order valence-corrected chi connectivity index (χ4v) is 5.19. The molecule has 0 fully saturated rings. The van der Waals surface area contributed by atoms with Crippen LogP contribution in [0.15, 0.2) is 127 Å². The number of aromatic hydroxyl groups is 1. The summed E-state index contributed by atoms with van der Waals surface area (Å²) in [6.07, 6.45) is 0. The van der Waals surface area contributed by atoms with Crippen LogP contribution in [0.5, 0.6) is 17.2 Å². The highest BCUT2D eigenvalue weighted by Crippen LogP contribution is 2.38. The minimum absolute atomic E-state index is 0.0744.